The number of sulfonamides is 1. The second-order valence-electron chi connectivity index (χ2n) is 4.11. The van der Waals surface area contributed by atoms with Gasteiger partial charge >= 0.3 is 0 Å². The number of aliphatic hydroxyl groups excluding tert-OH is 1. The van der Waals surface area contributed by atoms with Gasteiger partial charge in [-0.1, -0.05) is 6.07 Å². The minimum absolute atomic E-state index is 0.0879. The first-order valence-electron chi connectivity index (χ1n) is 5.49. The fraction of sp³-hybridized carbons (Fsp3) is 0.167. The smallest absolute Gasteiger partial charge is 0.263 e. The third-order valence-corrected chi connectivity index (χ3v) is 4.60. The number of aromatic amines is 1. The Morgan fingerprint density at radius 1 is 1.37 bits per heavy atom. The lowest BCUT2D eigenvalue weighted by molar-refractivity contribution is 0.277. The Hall–Kier alpha value is -1.31. The first-order chi connectivity index (χ1) is 8.92. The fourth-order valence-electron chi connectivity index (χ4n) is 1.59. The number of hydrogen-bond donors (Lipinski definition) is 3. The lowest BCUT2D eigenvalue weighted by Gasteiger charge is -2.09. The molecule has 0 aliphatic carbocycles. The highest BCUT2D eigenvalue weighted by atomic mass is 79.9. The van der Waals surface area contributed by atoms with Crippen molar-refractivity contribution in [3.8, 4) is 0 Å². The molecule has 2 rings (SSSR count). The van der Waals surface area contributed by atoms with Crippen LogP contribution in [0.25, 0.3) is 0 Å². The van der Waals surface area contributed by atoms with Crippen LogP contribution in [-0.2, 0) is 16.6 Å². The van der Waals surface area contributed by atoms with Crippen LogP contribution >= 0.6 is 15.9 Å². The number of aromatic nitrogens is 1. The molecular weight excluding hydrogens is 332 g/mol. The lowest BCUT2D eigenvalue weighted by Crippen LogP contribution is -2.12. The first kappa shape index (κ1) is 14.1. The highest BCUT2D eigenvalue weighted by molar-refractivity contribution is 9.10. The van der Waals surface area contributed by atoms with Crippen LogP contribution in [-0.4, -0.2) is 18.5 Å². The van der Waals surface area contributed by atoms with Crippen molar-refractivity contribution in [2.45, 2.75) is 18.4 Å². The molecule has 0 aliphatic rings. The van der Waals surface area contributed by atoms with E-state index in [1.54, 1.807) is 12.1 Å². The van der Waals surface area contributed by atoms with Crippen LogP contribution < -0.4 is 4.72 Å². The fourth-order valence-corrected chi connectivity index (χ4v) is 3.15. The largest absolute Gasteiger partial charge is 0.390 e. The van der Waals surface area contributed by atoms with Crippen molar-refractivity contribution in [1.82, 2.24) is 4.98 Å². The number of halogens is 1. The van der Waals surface area contributed by atoms with Gasteiger partial charge < -0.3 is 10.1 Å². The number of benzene rings is 1. The summed E-state index contributed by atoms with van der Waals surface area (Å²) in [7, 11) is -3.66. The van der Waals surface area contributed by atoms with Crippen molar-refractivity contribution in [3.63, 3.8) is 0 Å². The predicted octanol–water partition coefficient (Wildman–Crippen LogP) is 2.38. The number of aliphatic hydroxyl groups is 1. The zero-order valence-electron chi connectivity index (χ0n) is 10.1. The normalized spacial score (nSPS) is 11.5. The first-order valence-corrected chi connectivity index (χ1v) is 7.77. The number of nitrogens with one attached hydrogen (secondary N) is 2. The number of H-pyrrole nitrogens is 1. The van der Waals surface area contributed by atoms with Gasteiger partial charge in [-0.2, -0.15) is 0 Å². The molecule has 0 bridgehead atoms. The van der Waals surface area contributed by atoms with Crippen molar-refractivity contribution in [3.05, 3.63) is 46.2 Å². The predicted molar refractivity (Wildman–Crippen MR) is 76.4 cm³/mol. The van der Waals surface area contributed by atoms with E-state index in [4.69, 9.17) is 5.11 Å². The molecule has 102 valence electrons. The van der Waals surface area contributed by atoms with Crippen molar-refractivity contribution in [1.29, 1.82) is 0 Å². The molecular formula is C12H13BrN2O3S. The SMILES string of the molecule is Cc1ccc(Br)c(NS(=O)(=O)c2c[nH]c(CO)c2)c1. The number of rotatable bonds is 4. The van der Waals surface area contributed by atoms with Crippen LogP contribution in [0.4, 0.5) is 5.69 Å². The molecule has 1 aromatic heterocycles. The summed E-state index contributed by atoms with van der Waals surface area (Å²) in [6, 6.07) is 6.79. The van der Waals surface area contributed by atoms with E-state index >= 15 is 0 Å². The van der Waals surface area contributed by atoms with Crippen LogP contribution in [0.3, 0.4) is 0 Å². The Balaban J connectivity index is 2.33. The Labute approximate surface area is 119 Å². The van der Waals surface area contributed by atoms with Gasteiger partial charge in [0.2, 0.25) is 0 Å². The molecule has 1 aromatic carbocycles. The van der Waals surface area contributed by atoms with Crippen molar-refractivity contribution in [2.75, 3.05) is 4.72 Å². The van der Waals surface area contributed by atoms with Gasteiger partial charge in [0.1, 0.15) is 4.90 Å². The molecule has 19 heavy (non-hydrogen) atoms. The summed E-state index contributed by atoms with van der Waals surface area (Å²) >= 11 is 3.30. The average Bonchev–Trinajstić information content (AvgIpc) is 2.83. The van der Waals surface area contributed by atoms with Gasteiger partial charge in [0.05, 0.1) is 12.3 Å². The summed E-state index contributed by atoms with van der Waals surface area (Å²) in [5, 5.41) is 8.93. The summed E-state index contributed by atoms with van der Waals surface area (Å²) < 4.78 is 27.5. The summed E-state index contributed by atoms with van der Waals surface area (Å²) in [4.78, 5) is 2.78. The van der Waals surface area contributed by atoms with Crippen LogP contribution in [0.1, 0.15) is 11.3 Å². The zero-order chi connectivity index (χ0) is 14.0. The monoisotopic (exact) mass is 344 g/mol. The second kappa shape index (κ2) is 5.36. The minimum Gasteiger partial charge on any atom is -0.390 e. The van der Waals surface area contributed by atoms with E-state index in [2.05, 4.69) is 25.6 Å². The maximum atomic E-state index is 12.2. The topological polar surface area (TPSA) is 82.2 Å². The van der Waals surface area contributed by atoms with Gasteiger partial charge in [0, 0.05) is 16.4 Å². The molecule has 0 spiro atoms. The molecule has 0 atom stereocenters. The lowest BCUT2D eigenvalue weighted by atomic mass is 10.2. The van der Waals surface area contributed by atoms with Gasteiger partial charge in [-0.15, -0.1) is 0 Å². The molecule has 0 fully saturated rings. The van der Waals surface area contributed by atoms with Crippen molar-refractivity contribution in [2.24, 2.45) is 0 Å². The van der Waals surface area contributed by atoms with E-state index in [-0.39, 0.29) is 11.5 Å². The molecule has 0 saturated heterocycles. The Kier molecular flexibility index (Phi) is 3.98. The molecule has 1 heterocycles. The van der Waals surface area contributed by atoms with E-state index in [9.17, 15) is 8.42 Å². The van der Waals surface area contributed by atoms with Gasteiger partial charge in [0.25, 0.3) is 10.0 Å². The summed E-state index contributed by atoms with van der Waals surface area (Å²) in [5.41, 5.74) is 1.88. The molecule has 0 unspecified atom stereocenters. The third kappa shape index (κ3) is 3.17. The Morgan fingerprint density at radius 3 is 2.74 bits per heavy atom. The Bertz CT molecular complexity index is 695. The highest BCUT2D eigenvalue weighted by Gasteiger charge is 2.17. The minimum atomic E-state index is -3.66. The van der Waals surface area contributed by atoms with Crippen LogP contribution in [0, 0.1) is 6.92 Å². The van der Waals surface area contributed by atoms with Crippen molar-refractivity contribution >= 4 is 31.6 Å². The molecule has 0 radical (unpaired) electrons. The molecule has 0 saturated carbocycles. The number of anilines is 1. The Morgan fingerprint density at radius 2 is 2.11 bits per heavy atom. The molecule has 5 nitrogen and oxygen atoms in total. The second-order valence-corrected chi connectivity index (χ2v) is 6.64. The number of aryl methyl sites for hydroxylation is 1. The van der Waals surface area contributed by atoms with Crippen LogP contribution in [0.15, 0.2) is 39.8 Å². The zero-order valence-corrected chi connectivity index (χ0v) is 12.5. The molecule has 7 heteroatoms. The van der Waals surface area contributed by atoms with Gasteiger partial charge in [-0.05, 0) is 46.6 Å². The van der Waals surface area contributed by atoms with Crippen LogP contribution in [0.2, 0.25) is 0 Å². The molecule has 3 N–H and O–H groups in total. The molecule has 2 aromatic rings. The van der Waals surface area contributed by atoms with Gasteiger partial charge in [-0.25, -0.2) is 8.42 Å². The van der Waals surface area contributed by atoms with Gasteiger partial charge in [-0.3, -0.25) is 4.72 Å². The van der Waals surface area contributed by atoms with E-state index in [0.29, 0.717) is 15.9 Å². The maximum absolute atomic E-state index is 12.2. The van der Waals surface area contributed by atoms with Crippen LogP contribution in [0.5, 0.6) is 0 Å². The average molecular weight is 345 g/mol. The van der Waals surface area contributed by atoms with E-state index in [1.165, 1.54) is 12.3 Å². The third-order valence-electron chi connectivity index (χ3n) is 2.56. The highest BCUT2D eigenvalue weighted by Crippen LogP contribution is 2.26. The summed E-state index contributed by atoms with van der Waals surface area (Å²) in [6.07, 6.45) is 1.34. The summed E-state index contributed by atoms with van der Waals surface area (Å²) in [6.45, 7) is 1.65. The van der Waals surface area contributed by atoms with E-state index < -0.39 is 10.0 Å². The quantitative estimate of drug-likeness (QED) is 0.796. The van der Waals surface area contributed by atoms with Crippen molar-refractivity contribution < 1.29 is 13.5 Å². The standard InChI is InChI=1S/C12H13BrN2O3S/c1-8-2-3-11(13)12(4-8)15-19(17,18)10-5-9(7-16)14-6-10/h2-6,14-16H,7H2,1H3. The summed E-state index contributed by atoms with van der Waals surface area (Å²) in [5.74, 6) is 0. The van der Waals surface area contributed by atoms with E-state index in [0.717, 1.165) is 5.56 Å². The van der Waals surface area contributed by atoms with Gasteiger partial charge in [0.15, 0.2) is 0 Å². The molecule has 0 amide bonds. The molecule has 0 aliphatic heterocycles. The maximum Gasteiger partial charge on any atom is 0.263 e. The number of hydrogen-bond acceptors (Lipinski definition) is 3. The van der Waals surface area contributed by atoms with E-state index in [1.807, 2.05) is 13.0 Å².